The summed E-state index contributed by atoms with van der Waals surface area (Å²) in [4.78, 5) is 15.5. The molecular weight excluding hydrogens is 392 g/mol. The topological polar surface area (TPSA) is 73.0 Å². The molecule has 0 aliphatic heterocycles. The Morgan fingerprint density at radius 2 is 1.68 bits per heavy atom. The van der Waals surface area contributed by atoms with Crippen LogP contribution in [0.1, 0.15) is 16.7 Å². The van der Waals surface area contributed by atoms with Gasteiger partial charge in [0.25, 0.3) is 0 Å². The molecule has 1 N–H and O–H groups in total. The van der Waals surface area contributed by atoms with Gasteiger partial charge >= 0.3 is 5.97 Å². The van der Waals surface area contributed by atoms with Crippen molar-refractivity contribution in [1.29, 1.82) is 0 Å². The van der Waals surface area contributed by atoms with Crippen LogP contribution >= 0.6 is 0 Å². The van der Waals surface area contributed by atoms with Crippen molar-refractivity contribution >= 4 is 23.1 Å². The van der Waals surface area contributed by atoms with Crippen molar-refractivity contribution in [1.82, 2.24) is 4.57 Å². The summed E-state index contributed by atoms with van der Waals surface area (Å²) in [6.07, 6.45) is 3.51. The zero-order valence-electron chi connectivity index (χ0n) is 16.8. The third-order valence-corrected chi connectivity index (χ3v) is 4.78. The number of aromatic nitrogens is 1. The smallest absolute Gasteiger partial charge is 0.344 e. The predicted molar refractivity (Wildman–Crippen MR) is 119 cm³/mol. The number of aliphatic carboxylic acids is 1. The van der Waals surface area contributed by atoms with Crippen LogP contribution in [0.5, 0.6) is 5.75 Å². The van der Waals surface area contributed by atoms with Crippen LogP contribution in [0.2, 0.25) is 0 Å². The van der Waals surface area contributed by atoms with E-state index in [9.17, 15) is 4.79 Å². The molecule has 0 bridgehead atoms. The fourth-order valence-electron chi connectivity index (χ4n) is 3.33. The zero-order chi connectivity index (χ0) is 21.5. The summed E-state index contributed by atoms with van der Waals surface area (Å²) < 4.78 is 8.11. The molecule has 0 unspecified atom stereocenters. The van der Waals surface area contributed by atoms with Gasteiger partial charge in [-0.3, -0.25) is 0 Å². The van der Waals surface area contributed by atoms with Gasteiger partial charge in [0.2, 0.25) is 6.61 Å². The molecule has 0 atom stereocenters. The maximum Gasteiger partial charge on any atom is 0.344 e. The minimum Gasteiger partial charge on any atom is -0.489 e. The lowest BCUT2D eigenvalue weighted by molar-refractivity contribution is -0.142. The number of rotatable bonds is 9. The van der Waals surface area contributed by atoms with Gasteiger partial charge in [0.05, 0.1) is 6.21 Å². The quantitative estimate of drug-likeness (QED) is 0.318. The van der Waals surface area contributed by atoms with E-state index >= 15 is 0 Å². The Kier molecular flexibility index (Phi) is 6.28. The van der Waals surface area contributed by atoms with Gasteiger partial charge in [0.1, 0.15) is 12.4 Å². The Bertz CT molecular complexity index is 1180. The van der Waals surface area contributed by atoms with E-state index in [0.29, 0.717) is 13.2 Å². The summed E-state index contributed by atoms with van der Waals surface area (Å²) in [5.74, 6) is -0.324. The Labute approximate surface area is 180 Å². The number of carboxylic acids is 1. The maximum atomic E-state index is 10.6. The first-order valence-electron chi connectivity index (χ1n) is 9.90. The summed E-state index contributed by atoms with van der Waals surface area (Å²) in [5.41, 5.74) is 4.11. The predicted octanol–water partition coefficient (Wildman–Crippen LogP) is 4.70. The van der Waals surface area contributed by atoms with Gasteiger partial charge in [-0.2, -0.15) is 0 Å². The van der Waals surface area contributed by atoms with Crippen molar-refractivity contribution in [3.05, 3.63) is 102 Å². The number of nitrogens with zero attached hydrogens (tertiary/aromatic N) is 2. The third-order valence-electron chi connectivity index (χ3n) is 4.78. The van der Waals surface area contributed by atoms with E-state index < -0.39 is 12.6 Å². The van der Waals surface area contributed by atoms with Crippen LogP contribution in [0.25, 0.3) is 10.9 Å². The molecule has 4 rings (SSSR count). The van der Waals surface area contributed by atoms with Gasteiger partial charge in [-0.15, -0.1) is 0 Å². The van der Waals surface area contributed by atoms with E-state index in [2.05, 4.69) is 21.9 Å². The van der Waals surface area contributed by atoms with Crippen LogP contribution in [0, 0.1) is 0 Å². The molecule has 156 valence electrons. The number of benzene rings is 3. The van der Waals surface area contributed by atoms with Crippen LogP contribution in [0.3, 0.4) is 0 Å². The first kappa shape index (κ1) is 20.2. The highest BCUT2D eigenvalue weighted by atomic mass is 16.6. The second-order valence-electron chi connectivity index (χ2n) is 7.05. The molecule has 0 saturated heterocycles. The van der Waals surface area contributed by atoms with Gasteiger partial charge in [-0.1, -0.05) is 65.8 Å². The highest BCUT2D eigenvalue weighted by Crippen LogP contribution is 2.27. The van der Waals surface area contributed by atoms with Crippen molar-refractivity contribution in [3.63, 3.8) is 0 Å². The summed E-state index contributed by atoms with van der Waals surface area (Å²) in [6.45, 7) is 0.693. The molecule has 0 aliphatic rings. The van der Waals surface area contributed by atoms with Crippen LogP contribution in [0.15, 0.2) is 90.2 Å². The van der Waals surface area contributed by atoms with Crippen molar-refractivity contribution in [3.8, 4) is 5.75 Å². The highest BCUT2D eigenvalue weighted by molar-refractivity contribution is 6.00. The minimum absolute atomic E-state index is 0.474. The first-order valence-corrected chi connectivity index (χ1v) is 9.90. The molecule has 31 heavy (non-hydrogen) atoms. The lowest BCUT2D eigenvalue weighted by atomic mass is 10.2. The van der Waals surface area contributed by atoms with Gasteiger partial charge in [0.15, 0.2) is 0 Å². The Morgan fingerprint density at radius 1 is 0.968 bits per heavy atom. The monoisotopic (exact) mass is 414 g/mol. The molecule has 6 nitrogen and oxygen atoms in total. The number of hydrogen-bond acceptors (Lipinski definition) is 4. The van der Waals surface area contributed by atoms with E-state index in [0.717, 1.165) is 27.8 Å². The average molecular weight is 414 g/mol. The number of carboxylic acid groups (broad SMARTS) is 1. The number of hydrogen-bond donors (Lipinski definition) is 1. The van der Waals surface area contributed by atoms with Crippen molar-refractivity contribution in [2.24, 2.45) is 5.16 Å². The lowest BCUT2D eigenvalue weighted by Gasteiger charge is -2.08. The van der Waals surface area contributed by atoms with Crippen LogP contribution in [-0.2, 0) is 22.8 Å². The van der Waals surface area contributed by atoms with Crippen molar-refractivity contribution in [2.45, 2.75) is 13.2 Å². The number of fused-ring (bicyclic) bond motifs is 1. The molecule has 4 aromatic rings. The molecule has 3 aromatic carbocycles. The summed E-state index contributed by atoms with van der Waals surface area (Å²) in [6, 6.07) is 26.1. The van der Waals surface area contributed by atoms with Gasteiger partial charge in [-0.05, 0) is 29.3 Å². The Balaban J connectivity index is 1.62. The SMILES string of the molecule is O=C(O)CO/N=C/c1cn(Cc2ccccc2)c2ccc(OCc3ccccc3)cc12. The fraction of sp³-hybridized carbons (Fsp3) is 0.120. The van der Waals surface area contributed by atoms with E-state index in [1.807, 2.05) is 72.9 Å². The summed E-state index contributed by atoms with van der Waals surface area (Å²) >= 11 is 0. The van der Waals surface area contributed by atoms with E-state index in [1.54, 1.807) is 0 Å². The van der Waals surface area contributed by atoms with Gasteiger partial charge in [-0.25, -0.2) is 4.79 Å². The van der Waals surface area contributed by atoms with Crippen LogP contribution in [-0.4, -0.2) is 28.5 Å². The second-order valence-corrected chi connectivity index (χ2v) is 7.05. The number of ether oxygens (including phenoxy) is 1. The molecule has 0 saturated carbocycles. The molecule has 0 aliphatic carbocycles. The molecule has 0 radical (unpaired) electrons. The first-order chi connectivity index (χ1) is 15.2. The van der Waals surface area contributed by atoms with Crippen LogP contribution < -0.4 is 4.74 Å². The van der Waals surface area contributed by atoms with E-state index in [1.165, 1.54) is 11.8 Å². The average Bonchev–Trinajstić information content (AvgIpc) is 3.13. The largest absolute Gasteiger partial charge is 0.489 e. The minimum atomic E-state index is -1.07. The Hall–Kier alpha value is -4.06. The van der Waals surface area contributed by atoms with Gasteiger partial charge < -0.3 is 19.2 Å². The number of oxime groups is 1. The number of carbonyl (C=O) groups is 1. The van der Waals surface area contributed by atoms with Gasteiger partial charge in [0, 0.05) is 29.2 Å². The summed E-state index contributed by atoms with van der Waals surface area (Å²) in [7, 11) is 0. The summed E-state index contributed by atoms with van der Waals surface area (Å²) in [5, 5.41) is 13.5. The van der Waals surface area contributed by atoms with Crippen molar-refractivity contribution < 1.29 is 19.5 Å². The second kappa shape index (κ2) is 9.63. The normalized spacial score (nSPS) is 11.1. The molecule has 0 fully saturated rings. The zero-order valence-corrected chi connectivity index (χ0v) is 16.8. The van der Waals surface area contributed by atoms with Crippen LogP contribution in [0.4, 0.5) is 0 Å². The van der Waals surface area contributed by atoms with Crippen molar-refractivity contribution in [2.75, 3.05) is 6.61 Å². The third kappa shape index (κ3) is 5.30. The Morgan fingerprint density at radius 3 is 2.39 bits per heavy atom. The molecule has 0 spiro atoms. The fourth-order valence-corrected chi connectivity index (χ4v) is 3.33. The maximum absolute atomic E-state index is 10.6. The molecule has 0 amide bonds. The molecule has 6 heteroatoms. The lowest BCUT2D eigenvalue weighted by Crippen LogP contribution is -2.03. The molecule has 1 aromatic heterocycles. The standard InChI is InChI=1S/C25H22N2O4/c28-25(29)18-31-26-14-21-16-27(15-19-7-3-1-4-8-19)24-12-11-22(13-23(21)24)30-17-20-9-5-2-6-10-20/h1-14,16H,15,17-18H2,(H,28,29)/b26-14+. The molecule has 1 heterocycles. The van der Waals surface area contributed by atoms with E-state index in [4.69, 9.17) is 14.7 Å². The van der Waals surface area contributed by atoms with E-state index in [-0.39, 0.29) is 0 Å². The molecular formula is C25H22N2O4. The highest BCUT2D eigenvalue weighted by Gasteiger charge is 2.10.